The van der Waals surface area contributed by atoms with Crippen LogP contribution in [0.3, 0.4) is 0 Å². The molecule has 2 N–H and O–H groups in total. The van der Waals surface area contributed by atoms with Crippen LogP contribution in [0.15, 0.2) is 0 Å². The average Bonchev–Trinajstić information content (AvgIpc) is 2.45. The van der Waals surface area contributed by atoms with E-state index in [2.05, 4.69) is 13.8 Å². The van der Waals surface area contributed by atoms with Gasteiger partial charge in [0.25, 0.3) is 0 Å². The Balaban J connectivity index is 0.00000169. The first-order valence-corrected chi connectivity index (χ1v) is 4.20. The number of nitrogens with zero attached hydrogens (tertiary/aromatic N) is 1. The molecule has 0 radical (unpaired) electrons. The van der Waals surface area contributed by atoms with Gasteiger partial charge in [-0.2, -0.15) is 6.42 Å². The molecule has 1 fully saturated rings. The number of carbonyl (C=O) groups is 1. The molecule has 1 aliphatic heterocycles. The van der Waals surface area contributed by atoms with Crippen LogP contribution >= 0.6 is 0 Å². The monoisotopic (exact) mass is 408 g/mol. The molecule has 4 heteroatoms. The maximum absolute atomic E-state index is 11.5. The van der Waals surface area contributed by atoms with Crippen LogP contribution in [-0.2, 0) is 4.79 Å². The fourth-order valence-corrected chi connectivity index (χ4v) is 1.44. The predicted octanol–water partition coefficient (Wildman–Crippen LogP) is 0.363. The van der Waals surface area contributed by atoms with Crippen LogP contribution in [0, 0.1) is 45.0 Å². The van der Waals surface area contributed by atoms with Crippen LogP contribution in [0.25, 0.3) is 0 Å². The van der Waals surface area contributed by atoms with E-state index in [4.69, 9.17) is 7.10 Å². The summed E-state index contributed by atoms with van der Waals surface area (Å²) in [5, 5.41) is 0. The smallest absolute Gasteiger partial charge is 0.348 e. The largest absolute Gasteiger partial charge is 2.00 e. The van der Waals surface area contributed by atoms with Crippen LogP contribution in [0.1, 0.15) is 20.6 Å². The second-order valence-corrected chi connectivity index (χ2v) is 3.05. The number of amides is 1. The zero-order chi connectivity index (χ0) is 10.0. The molecule has 3 nitrogen and oxygen atoms in total. The molecule has 1 saturated heterocycles. The summed E-state index contributed by atoms with van der Waals surface area (Å²) in [6.45, 7) is 6.77. The number of hydrogen-bond donors (Lipinski definition) is 1. The minimum absolute atomic E-state index is 0. The molecule has 1 aliphatic rings. The first kappa shape index (κ1) is 11.6. The zero-order valence-electron chi connectivity index (χ0n) is 8.70. The van der Waals surface area contributed by atoms with E-state index < -0.39 is 12.6 Å². The van der Waals surface area contributed by atoms with Crippen molar-refractivity contribution in [3.8, 4) is 0 Å². The van der Waals surface area contributed by atoms with Crippen molar-refractivity contribution in [2.45, 2.75) is 31.3 Å². The Kier molecular flexibility index (Phi) is 5.38. The quantitative estimate of drug-likeness (QED) is 0.672. The molecule has 1 heterocycles. The summed E-state index contributed by atoms with van der Waals surface area (Å²) >= 11 is 0. The van der Waals surface area contributed by atoms with Gasteiger partial charge in [0, 0.05) is 13.9 Å². The Morgan fingerprint density at radius 2 is 2.46 bits per heavy atom. The van der Waals surface area contributed by atoms with E-state index >= 15 is 0 Å². The summed E-state index contributed by atoms with van der Waals surface area (Å²) in [7, 11) is 0. The van der Waals surface area contributed by atoms with Gasteiger partial charge >= 0.3 is 31.1 Å². The average molecular weight is 408 g/mol. The minimum Gasteiger partial charge on any atom is -0.348 e. The number of carbonyl (C=O) groups excluding carboxylic acids is 1. The summed E-state index contributed by atoms with van der Waals surface area (Å²) in [6, 6.07) is -0.664. The molecule has 1 rings (SSSR count). The minimum atomic E-state index is -0.750. The van der Waals surface area contributed by atoms with Crippen molar-refractivity contribution < 1.29 is 37.3 Å². The topological polar surface area (TPSA) is 46.3 Å². The van der Waals surface area contributed by atoms with Gasteiger partial charge < -0.3 is 24.5 Å². The van der Waals surface area contributed by atoms with E-state index in [0.717, 1.165) is 12.8 Å². The van der Waals surface area contributed by atoms with Gasteiger partial charge in [-0.25, -0.2) is 0 Å². The van der Waals surface area contributed by atoms with Gasteiger partial charge in [0.1, 0.15) is 0 Å². The summed E-state index contributed by atoms with van der Waals surface area (Å²) in [6.07, 6.45) is 2.22. The second kappa shape index (κ2) is 6.06. The van der Waals surface area contributed by atoms with Crippen LogP contribution in [0.5, 0.6) is 0 Å². The van der Waals surface area contributed by atoms with Gasteiger partial charge in [0.2, 0.25) is 5.91 Å². The number of hydrogen-bond acceptors (Lipinski definition) is 2. The fraction of sp³-hybridized carbons (Fsp3) is 0.667. The molecule has 13 heavy (non-hydrogen) atoms. The second-order valence-electron chi connectivity index (χ2n) is 3.05. The molecule has 72 valence electrons. The van der Waals surface area contributed by atoms with Crippen molar-refractivity contribution >= 4 is 5.91 Å². The van der Waals surface area contributed by atoms with Crippen LogP contribution in [0.2, 0.25) is 0 Å². The molecule has 0 saturated carbocycles. The summed E-state index contributed by atoms with van der Waals surface area (Å²) in [5.41, 5.74) is 5.39. The van der Waals surface area contributed by atoms with Gasteiger partial charge in [-0.05, 0) is 18.9 Å². The van der Waals surface area contributed by atoms with E-state index in [1.54, 1.807) is 0 Å². The number of likely N-dealkylation sites (tertiary alicyclic amines) is 1. The Hall–Kier alpha value is 0.482. The van der Waals surface area contributed by atoms with Crippen molar-refractivity contribution in [1.29, 1.82) is 0 Å². The van der Waals surface area contributed by atoms with Crippen LogP contribution < -0.4 is 5.73 Å². The van der Waals surface area contributed by atoms with Crippen molar-refractivity contribution in [3.05, 3.63) is 13.8 Å². The van der Waals surface area contributed by atoms with Gasteiger partial charge in [-0.3, -0.25) is 4.79 Å². The Bertz CT molecular complexity index is 201. The molecular weight excluding hydrogens is 390 g/mol. The van der Waals surface area contributed by atoms with Gasteiger partial charge in [0.15, 0.2) is 0 Å². The zero-order valence-corrected chi connectivity index (χ0v) is 11.9. The normalized spacial score (nSPS) is 30.7. The Morgan fingerprint density at radius 3 is 2.92 bits per heavy atom. The van der Waals surface area contributed by atoms with E-state index in [1.165, 1.54) is 4.90 Å². The van der Waals surface area contributed by atoms with Crippen molar-refractivity contribution in [1.82, 2.24) is 4.90 Å². The number of nitrogens with two attached hydrogens (primary N) is 1. The molecule has 1 unspecified atom stereocenters. The van der Waals surface area contributed by atoms with Crippen molar-refractivity contribution in [3.63, 3.8) is 0 Å². The summed E-state index contributed by atoms with van der Waals surface area (Å²) < 4.78 is 7.64. The molecule has 0 aromatic rings. The SMILES string of the molecule is [3H]C1CC[C@H](C[CH2-])N1C(=O)[C@H]([CH2-])N.[U+2]. The van der Waals surface area contributed by atoms with Crippen molar-refractivity contribution in [2.24, 2.45) is 5.73 Å². The Labute approximate surface area is 105 Å². The molecule has 0 aromatic carbocycles. The van der Waals surface area contributed by atoms with Gasteiger partial charge in [-0.15, -0.1) is 0 Å². The molecule has 0 bridgehead atoms. The molecule has 0 aliphatic carbocycles. The first-order chi connectivity index (χ1) is 6.07. The maximum atomic E-state index is 11.5. The molecular formula is C9H16N2OU. The molecule has 0 spiro atoms. The standard InChI is InChI=1S/C9H16N2O.U/c1-3-8-5-4-6-11(8)9(12)7(2)10;/h7-8H,1-6,10H2;/q-2;+2/t7-,8-;/m0./s1/i6T;/t6?,7-,8-;. The van der Waals surface area contributed by atoms with Gasteiger partial charge in [-0.1, -0.05) is 0 Å². The fourth-order valence-electron chi connectivity index (χ4n) is 1.44. The van der Waals surface area contributed by atoms with Crippen LogP contribution in [-0.4, -0.2) is 29.4 Å². The third-order valence-electron chi connectivity index (χ3n) is 2.12. The summed E-state index contributed by atoms with van der Waals surface area (Å²) in [5.74, 6) is -0.230. The van der Waals surface area contributed by atoms with E-state index in [1.807, 2.05) is 0 Å². The van der Waals surface area contributed by atoms with Gasteiger partial charge in [0.05, 0.1) is 0 Å². The molecule has 1 amide bonds. The van der Waals surface area contributed by atoms with E-state index in [-0.39, 0.29) is 43.1 Å². The third kappa shape index (κ3) is 3.27. The van der Waals surface area contributed by atoms with Crippen molar-refractivity contribution in [2.75, 3.05) is 6.52 Å². The number of rotatable bonds is 2. The van der Waals surface area contributed by atoms with Crippen LogP contribution in [0.4, 0.5) is 0 Å². The molecule has 0 aromatic heterocycles. The van der Waals surface area contributed by atoms with E-state index in [0.29, 0.717) is 6.42 Å². The van der Waals surface area contributed by atoms with E-state index in [9.17, 15) is 4.79 Å². The predicted molar refractivity (Wildman–Crippen MR) is 48.0 cm³/mol. The first-order valence-electron chi connectivity index (χ1n) is 4.78. The summed E-state index contributed by atoms with van der Waals surface area (Å²) in [4.78, 5) is 13.0. The third-order valence-corrected chi connectivity index (χ3v) is 2.12. The maximum Gasteiger partial charge on any atom is 2.00 e. The molecule has 3 atom stereocenters. The Morgan fingerprint density at radius 1 is 1.85 bits per heavy atom.